The maximum absolute atomic E-state index is 12.6. The molecule has 0 bridgehead atoms. The largest absolute Gasteiger partial charge is 0.399 e. The lowest BCUT2D eigenvalue weighted by Crippen LogP contribution is -2.43. The van der Waals surface area contributed by atoms with Crippen LogP contribution in [0.2, 0.25) is 0 Å². The standard InChI is InChI=1S/C14H22N2O2S/c1-11-7-12(15)9-13(8-11)19(17,18)16-6-4-5-14(2,3)10-16/h7-9H,4-6,10,15H2,1-3H3. The highest BCUT2D eigenvalue weighted by atomic mass is 32.2. The number of sulfonamides is 1. The Hall–Kier alpha value is -1.07. The number of nitrogens with two attached hydrogens (primary N) is 1. The molecule has 0 atom stereocenters. The second-order valence-electron chi connectivity index (χ2n) is 6.19. The Morgan fingerprint density at radius 3 is 2.53 bits per heavy atom. The van der Waals surface area contributed by atoms with Crippen molar-refractivity contribution in [1.82, 2.24) is 4.31 Å². The highest BCUT2D eigenvalue weighted by Crippen LogP contribution is 2.32. The van der Waals surface area contributed by atoms with Crippen molar-refractivity contribution in [3.63, 3.8) is 0 Å². The fraction of sp³-hybridized carbons (Fsp3) is 0.571. The van der Waals surface area contributed by atoms with Crippen molar-refractivity contribution in [2.75, 3.05) is 18.8 Å². The minimum Gasteiger partial charge on any atom is -0.399 e. The lowest BCUT2D eigenvalue weighted by Gasteiger charge is -2.37. The summed E-state index contributed by atoms with van der Waals surface area (Å²) in [5.74, 6) is 0. The van der Waals surface area contributed by atoms with Gasteiger partial charge >= 0.3 is 0 Å². The van der Waals surface area contributed by atoms with E-state index in [0.29, 0.717) is 23.7 Å². The van der Waals surface area contributed by atoms with Crippen LogP contribution in [0.25, 0.3) is 0 Å². The number of hydrogen-bond acceptors (Lipinski definition) is 3. The first-order valence-corrected chi connectivity index (χ1v) is 8.02. The summed E-state index contributed by atoms with van der Waals surface area (Å²) in [5, 5.41) is 0. The Labute approximate surface area is 115 Å². The van der Waals surface area contributed by atoms with E-state index in [1.807, 2.05) is 6.92 Å². The molecular weight excluding hydrogens is 260 g/mol. The van der Waals surface area contributed by atoms with Gasteiger partial charge < -0.3 is 5.73 Å². The van der Waals surface area contributed by atoms with Gasteiger partial charge in [0.15, 0.2) is 0 Å². The number of aryl methyl sites for hydroxylation is 1. The molecular formula is C14H22N2O2S. The number of benzene rings is 1. The van der Waals surface area contributed by atoms with E-state index in [0.717, 1.165) is 18.4 Å². The zero-order valence-electron chi connectivity index (χ0n) is 11.8. The van der Waals surface area contributed by atoms with Gasteiger partial charge in [0.1, 0.15) is 0 Å². The van der Waals surface area contributed by atoms with E-state index < -0.39 is 10.0 Å². The van der Waals surface area contributed by atoms with Crippen LogP contribution in [0.1, 0.15) is 32.3 Å². The van der Waals surface area contributed by atoms with E-state index in [1.165, 1.54) is 0 Å². The van der Waals surface area contributed by atoms with Crippen molar-refractivity contribution in [2.24, 2.45) is 5.41 Å². The van der Waals surface area contributed by atoms with Crippen molar-refractivity contribution >= 4 is 15.7 Å². The van der Waals surface area contributed by atoms with Gasteiger partial charge in [-0.3, -0.25) is 0 Å². The number of rotatable bonds is 2. The summed E-state index contributed by atoms with van der Waals surface area (Å²) in [7, 11) is -3.42. The summed E-state index contributed by atoms with van der Waals surface area (Å²) < 4.78 is 26.9. The third-order valence-electron chi connectivity index (χ3n) is 3.58. The Balaban J connectivity index is 2.36. The van der Waals surface area contributed by atoms with Crippen LogP contribution in [0.15, 0.2) is 23.1 Å². The minimum absolute atomic E-state index is 0.0424. The number of piperidine rings is 1. The molecule has 19 heavy (non-hydrogen) atoms. The average molecular weight is 282 g/mol. The molecule has 1 aromatic rings. The summed E-state index contributed by atoms with van der Waals surface area (Å²) in [6.07, 6.45) is 1.97. The summed E-state index contributed by atoms with van der Waals surface area (Å²) in [6.45, 7) is 7.25. The SMILES string of the molecule is Cc1cc(N)cc(S(=O)(=O)N2CCCC(C)(C)C2)c1. The quantitative estimate of drug-likeness (QED) is 0.847. The molecule has 0 amide bonds. The lowest BCUT2D eigenvalue weighted by molar-refractivity contribution is 0.187. The molecule has 1 fully saturated rings. The highest BCUT2D eigenvalue weighted by Gasteiger charge is 2.34. The van der Waals surface area contributed by atoms with Crippen LogP contribution < -0.4 is 5.73 Å². The average Bonchev–Trinajstić information content (AvgIpc) is 2.26. The third kappa shape index (κ3) is 3.09. The molecule has 2 rings (SSSR count). The molecule has 1 aliphatic heterocycles. The third-order valence-corrected chi connectivity index (χ3v) is 5.40. The second-order valence-corrected chi connectivity index (χ2v) is 8.12. The molecule has 0 aromatic heterocycles. The van der Waals surface area contributed by atoms with Gasteiger partial charge in [0, 0.05) is 18.8 Å². The zero-order valence-corrected chi connectivity index (χ0v) is 12.6. The number of anilines is 1. The maximum atomic E-state index is 12.6. The van der Waals surface area contributed by atoms with Crippen LogP contribution in [0.4, 0.5) is 5.69 Å². The smallest absolute Gasteiger partial charge is 0.243 e. The predicted molar refractivity (Wildman–Crippen MR) is 77.4 cm³/mol. The number of nitrogens with zero attached hydrogens (tertiary/aromatic N) is 1. The van der Waals surface area contributed by atoms with Gasteiger partial charge in [0.05, 0.1) is 4.90 Å². The fourth-order valence-electron chi connectivity index (χ4n) is 2.65. The first kappa shape index (κ1) is 14.3. The molecule has 5 heteroatoms. The fourth-order valence-corrected chi connectivity index (χ4v) is 4.46. The predicted octanol–water partition coefficient (Wildman–Crippen LogP) is 2.39. The molecule has 0 radical (unpaired) electrons. The van der Waals surface area contributed by atoms with Crippen LogP contribution in [0.3, 0.4) is 0 Å². The van der Waals surface area contributed by atoms with Crippen molar-refractivity contribution in [2.45, 2.75) is 38.5 Å². The summed E-state index contributed by atoms with van der Waals surface area (Å²) >= 11 is 0. The van der Waals surface area contributed by atoms with Crippen LogP contribution in [0, 0.1) is 12.3 Å². The van der Waals surface area contributed by atoms with E-state index in [1.54, 1.807) is 22.5 Å². The van der Waals surface area contributed by atoms with E-state index in [-0.39, 0.29) is 5.41 Å². The second kappa shape index (κ2) is 4.80. The van der Waals surface area contributed by atoms with Crippen LogP contribution in [-0.4, -0.2) is 25.8 Å². The van der Waals surface area contributed by atoms with Crippen molar-refractivity contribution in [3.05, 3.63) is 23.8 Å². The topological polar surface area (TPSA) is 63.4 Å². The Morgan fingerprint density at radius 1 is 1.26 bits per heavy atom. The van der Waals surface area contributed by atoms with Gasteiger partial charge in [-0.1, -0.05) is 13.8 Å². The van der Waals surface area contributed by atoms with E-state index in [2.05, 4.69) is 13.8 Å². The van der Waals surface area contributed by atoms with Crippen molar-refractivity contribution in [1.29, 1.82) is 0 Å². The summed E-state index contributed by atoms with van der Waals surface area (Å²) in [6, 6.07) is 5.01. The molecule has 4 nitrogen and oxygen atoms in total. The number of nitrogen functional groups attached to an aromatic ring is 1. The minimum atomic E-state index is -3.42. The van der Waals surface area contributed by atoms with Gasteiger partial charge in [-0.15, -0.1) is 0 Å². The monoisotopic (exact) mass is 282 g/mol. The molecule has 1 heterocycles. The maximum Gasteiger partial charge on any atom is 0.243 e. The van der Waals surface area contributed by atoms with Crippen LogP contribution in [0.5, 0.6) is 0 Å². The van der Waals surface area contributed by atoms with Crippen LogP contribution >= 0.6 is 0 Å². The van der Waals surface area contributed by atoms with Gasteiger partial charge in [0.25, 0.3) is 0 Å². The Bertz CT molecular complexity index is 559. The van der Waals surface area contributed by atoms with Gasteiger partial charge in [0.2, 0.25) is 10.0 Å². The molecule has 1 saturated heterocycles. The lowest BCUT2D eigenvalue weighted by atomic mass is 9.85. The molecule has 106 valence electrons. The van der Waals surface area contributed by atoms with Gasteiger partial charge in [-0.05, 0) is 48.9 Å². The normalized spacial score (nSPS) is 20.4. The van der Waals surface area contributed by atoms with E-state index >= 15 is 0 Å². The molecule has 0 unspecified atom stereocenters. The first-order chi connectivity index (χ1) is 8.71. The Kier molecular flexibility index (Phi) is 3.62. The first-order valence-electron chi connectivity index (χ1n) is 6.58. The molecule has 0 aliphatic carbocycles. The molecule has 2 N–H and O–H groups in total. The van der Waals surface area contributed by atoms with Crippen LogP contribution in [-0.2, 0) is 10.0 Å². The van der Waals surface area contributed by atoms with E-state index in [4.69, 9.17) is 5.73 Å². The van der Waals surface area contributed by atoms with E-state index in [9.17, 15) is 8.42 Å². The zero-order chi connectivity index (χ0) is 14.3. The summed E-state index contributed by atoms with van der Waals surface area (Å²) in [5.41, 5.74) is 7.16. The van der Waals surface area contributed by atoms with Gasteiger partial charge in [-0.2, -0.15) is 4.31 Å². The van der Waals surface area contributed by atoms with Crippen molar-refractivity contribution < 1.29 is 8.42 Å². The molecule has 0 saturated carbocycles. The molecule has 1 aliphatic rings. The summed E-state index contributed by atoms with van der Waals surface area (Å²) in [4.78, 5) is 0.308. The van der Waals surface area contributed by atoms with Crippen molar-refractivity contribution in [3.8, 4) is 0 Å². The Morgan fingerprint density at radius 2 is 1.95 bits per heavy atom. The highest BCUT2D eigenvalue weighted by molar-refractivity contribution is 7.89. The number of hydrogen-bond donors (Lipinski definition) is 1. The molecule has 1 aromatic carbocycles. The molecule has 0 spiro atoms. The van der Waals surface area contributed by atoms with Gasteiger partial charge in [-0.25, -0.2) is 8.42 Å².